The summed E-state index contributed by atoms with van der Waals surface area (Å²) >= 11 is 13.1. The van der Waals surface area contributed by atoms with Crippen LogP contribution in [0.15, 0.2) is 27.1 Å². The highest BCUT2D eigenvalue weighted by molar-refractivity contribution is 9.13. The second kappa shape index (κ2) is 5.48. The molecule has 3 nitrogen and oxygen atoms in total. The van der Waals surface area contributed by atoms with Crippen molar-refractivity contribution < 1.29 is 4.74 Å². The highest BCUT2D eigenvalue weighted by Gasteiger charge is 2.18. The zero-order valence-corrected chi connectivity index (χ0v) is 13.7. The molecule has 2 aromatic rings. The van der Waals surface area contributed by atoms with Gasteiger partial charge in [0.1, 0.15) is 5.15 Å². The van der Waals surface area contributed by atoms with E-state index in [1.165, 1.54) is 0 Å². The van der Waals surface area contributed by atoms with Crippen molar-refractivity contribution in [1.29, 1.82) is 0 Å². The molecule has 1 aliphatic heterocycles. The van der Waals surface area contributed by atoms with Crippen LogP contribution in [0.4, 0.5) is 0 Å². The molecule has 2 heterocycles. The quantitative estimate of drug-likeness (QED) is 0.661. The van der Waals surface area contributed by atoms with Crippen LogP contribution in [0.5, 0.6) is 0 Å². The van der Waals surface area contributed by atoms with Gasteiger partial charge in [-0.3, -0.25) is 0 Å². The lowest BCUT2D eigenvalue weighted by molar-refractivity contribution is 0.109. The molecule has 1 aromatic heterocycles. The van der Waals surface area contributed by atoms with Gasteiger partial charge in [0.05, 0.1) is 18.9 Å². The van der Waals surface area contributed by atoms with Crippen molar-refractivity contribution in [3.05, 3.63) is 43.6 Å². The van der Waals surface area contributed by atoms with Crippen molar-refractivity contribution >= 4 is 43.5 Å². The molecule has 1 aliphatic rings. The third-order valence-corrected chi connectivity index (χ3v) is 5.14. The van der Waals surface area contributed by atoms with Crippen LogP contribution >= 0.6 is 43.5 Å². The van der Waals surface area contributed by atoms with Crippen molar-refractivity contribution in [3.63, 3.8) is 0 Å². The Hall–Kier alpha value is -0.490. The Labute approximate surface area is 132 Å². The Morgan fingerprint density at radius 1 is 1.16 bits per heavy atom. The van der Waals surface area contributed by atoms with E-state index in [4.69, 9.17) is 16.3 Å². The van der Waals surface area contributed by atoms with E-state index in [0.29, 0.717) is 24.2 Å². The first-order chi connectivity index (χ1) is 9.15. The van der Waals surface area contributed by atoms with Gasteiger partial charge in [-0.25, -0.2) is 9.97 Å². The fraction of sp³-hybridized carbons (Fsp3) is 0.231. The Morgan fingerprint density at radius 3 is 2.79 bits per heavy atom. The predicted molar refractivity (Wildman–Crippen MR) is 81.2 cm³/mol. The summed E-state index contributed by atoms with van der Waals surface area (Å²) in [5, 5.41) is 0.485. The van der Waals surface area contributed by atoms with Gasteiger partial charge in [-0.05, 0) is 50.1 Å². The molecule has 0 unspecified atom stereocenters. The smallest absolute Gasteiger partial charge is 0.161 e. The van der Waals surface area contributed by atoms with E-state index in [1.807, 2.05) is 18.2 Å². The standard InChI is InChI=1S/C13H9Br2ClN2O/c14-9-2-1-7(5-10(9)15)13-17-11-3-4-19-6-8(11)12(16)18-13/h1-2,5H,3-4,6H2. The molecule has 0 fully saturated rings. The molecule has 0 atom stereocenters. The van der Waals surface area contributed by atoms with Crippen molar-refractivity contribution in [2.75, 3.05) is 6.61 Å². The van der Waals surface area contributed by atoms with Gasteiger partial charge in [0.25, 0.3) is 0 Å². The number of benzene rings is 1. The topological polar surface area (TPSA) is 35.0 Å². The molecule has 0 saturated carbocycles. The first-order valence-electron chi connectivity index (χ1n) is 5.73. The number of halogens is 3. The summed E-state index contributed by atoms with van der Waals surface area (Å²) in [4.78, 5) is 8.97. The number of hydrogen-bond acceptors (Lipinski definition) is 3. The fourth-order valence-electron chi connectivity index (χ4n) is 1.96. The van der Waals surface area contributed by atoms with E-state index < -0.39 is 0 Å². The van der Waals surface area contributed by atoms with Crippen LogP contribution in [0.1, 0.15) is 11.3 Å². The van der Waals surface area contributed by atoms with E-state index in [2.05, 4.69) is 41.8 Å². The third-order valence-electron chi connectivity index (χ3n) is 2.95. The van der Waals surface area contributed by atoms with Gasteiger partial charge in [-0.2, -0.15) is 0 Å². The largest absolute Gasteiger partial charge is 0.376 e. The highest BCUT2D eigenvalue weighted by atomic mass is 79.9. The van der Waals surface area contributed by atoms with E-state index in [1.54, 1.807) is 0 Å². The molecule has 0 amide bonds. The summed E-state index contributed by atoms with van der Waals surface area (Å²) in [6.45, 7) is 1.18. The Balaban J connectivity index is 2.10. The summed E-state index contributed by atoms with van der Waals surface area (Å²) in [6, 6.07) is 5.90. The van der Waals surface area contributed by atoms with Crippen LogP contribution in [-0.2, 0) is 17.8 Å². The molecule has 0 bridgehead atoms. The van der Waals surface area contributed by atoms with E-state index in [9.17, 15) is 0 Å². The van der Waals surface area contributed by atoms with Gasteiger partial charge in [0, 0.05) is 26.5 Å². The molecule has 0 spiro atoms. The molecule has 0 N–H and O–H groups in total. The summed E-state index contributed by atoms with van der Waals surface area (Å²) < 4.78 is 7.34. The molecule has 1 aromatic carbocycles. The second-order valence-corrected chi connectivity index (χ2v) is 6.26. The molecule has 0 saturated heterocycles. The summed E-state index contributed by atoms with van der Waals surface area (Å²) in [5.74, 6) is 0.652. The SMILES string of the molecule is Clc1nc(-c2ccc(Br)c(Br)c2)nc2c1COCC2. The zero-order valence-electron chi connectivity index (χ0n) is 9.79. The normalized spacial score (nSPS) is 14.3. The minimum absolute atomic E-state index is 0.485. The van der Waals surface area contributed by atoms with Gasteiger partial charge >= 0.3 is 0 Å². The molecule has 19 heavy (non-hydrogen) atoms. The maximum Gasteiger partial charge on any atom is 0.161 e. The number of nitrogens with zero attached hydrogens (tertiary/aromatic N) is 2. The summed E-state index contributed by atoms with van der Waals surface area (Å²) in [7, 11) is 0. The average molecular weight is 404 g/mol. The van der Waals surface area contributed by atoms with Crippen LogP contribution in [0, 0.1) is 0 Å². The summed E-state index contributed by atoms with van der Waals surface area (Å²) in [5.41, 5.74) is 2.83. The van der Waals surface area contributed by atoms with Gasteiger partial charge in [-0.1, -0.05) is 11.6 Å². The number of hydrogen-bond donors (Lipinski definition) is 0. The van der Waals surface area contributed by atoms with Gasteiger partial charge in [0.15, 0.2) is 5.82 Å². The molecule has 0 radical (unpaired) electrons. The number of ether oxygens (including phenoxy) is 1. The van der Waals surface area contributed by atoms with Crippen molar-refractivity contribution in [2.45, 2.75) is 13.0 Å². The Kier molecular flexibility index (Phi) is 3.89. The monoisotopic (exact) mass is 402 g/mol. The predicted octanol–water partition coefficient (Wildman–Crippen LogP) is 4.39. The number of aromatic nitrogens is 2. The van der Waals surface area contributed by atoms with Crippen molar-refractivity contribution in [2.24, 2.45) is 0 Å². The van der Waals surface area contributed by atoms with E-state index in [-0.39, 0.29) is 0 Å². The van der Waals surface area contributed by atoms with Gasteiger partial charge < -0.3 is 4.74 Å². The molecule has 98 valence electrons. The lowest BCUT2D eigenvalue weighted by Gasteiger charge is -2.17. The third kappa shape index (κ3) is 2.70. The lowest BCUT2D eigenvalue weighted by Crippen LogP contribution is -2.14. The Bertz CT molecular complexity index is 649. The molecular formula is C13H9Br2ClN2O. The second-order valence-electron chi connectivity index (χ2n) is 4.19. The molecule has 0 aliphatic carbocycles. The number of rotatable bonds is 1. The minimum atomic E-state index is 0.485. The van der Waals surface area contributed by atoms with Crippen LogP contribution in [0.3, 0.4) is 0 Å². The van der Waals surface area contributed by atoms with Crippen molar-refractivity contribution in [1.82, 2.24) is 9.97 Å². The van der Waals surface area contributed by atoms with Crippen LogP contribution < -0.4 is 0 Å². The van der Waals surface area contributed by atoms with E-state index in [0.717, 1.165) is 32.2 Å². The van der Waals surface area contributed by atoms with Crippen molar-refractivity contribution in [3.8, 4) is 11.4 Å². The first-order valence-corrected chi connectivity index (χ1v) is 7.70. The van der Waals surface area contributed by atoms with E-state index >= 15 is 0 Å². The molecule has 3 rings (SSSR count). The summed E-state index contributed by atoms with van der Waals surface area (Å²) in [6.07, 6.45) is 0.780. The maximum atomic E-state index is 6.22. The molecular weight excluding hydrogens is 395 g/mol. The molecule has 6 heteroatoms. The maximum absolute atomic E-state index is 6.22. The van der Waals surface area contributed by atoms with Gasteiger partial charge in [-0.15, -0.1) is 0 Å². The average Bonchev–Trinajstić information content (AvgIpc) is 2.42. The lowest BCUT2D eigenvalue weighted by atomic mass is 10.1. The highest BCUT2D eigenvalue weighted by Crippen LogP contribution is 2.30. The zero-order chi connectivity index (χ0) is 13.4. The van der Waals surface area contributed by atoms with Crippen LogP contribution in [0.25, 0.3) is 11.4 Å². The number of fused-ring (bicyclic) bond motifs is 1. The fourth-order valence-corrected chi connectivity index (χ4v) is 2.83. The van der Waals surface area contributed by atoms with Crippen LogP contribution in [0.2, 0.25) is 5.15 Å². The van der Waals surface area contributed by atoms with Crippen LogP contribution in [-0.4, -0.2) is 16.6 Å². The minimum Gasteiger partial charge on any atom is -0.376 e. The first kappa shape index (κ1) is 13.5. The van der Waals surface area contributed by atoms with Gasteiger partial charge in [0.2, 0.25) is 0 Å². The Morgan fingerprint density at radius 2 is 2.00 bits per heavy atom.